The van der Waals surface area contributed by atoms with E-state index < -0.39 is 54.2 Å². The third kappa shape index (κ3) is 10.1. The summed E-state index contributed by atoms with van der Waals surface area (Å²) in [6.07, 6.45) is 1.68. The summed E-state index contributed by atoms with van der Waals surface area (Å²) in [5.41, 5.74) is 8.79. The van der Waals surface area contributed by atoms with Gasteiger partial charge in [0.25, 0.3) is 5.91 Å². The van der Waals surface area contributed by atoms with Crippen LogP contribution in [0.4, 0.5) is 0 Å². The molecule has 0 spiro atoms. The molecule has 4 aromatic rings. The number of halogens is 1. The number of carbonyl (C=O) groups excluding carboxylic acids is 6. The fourth-order valence-corrected chi connectivity index (χ4v) is 6.58. The number of likely N-dealkylation sites (N-methyl/N-ethyl adjacent to an activating group) is 1. The molecule has 5 rings (SSSR count). The summed E-state index contributed by atoms with van der Waals surface area (Å²) >= 11 is 6.02. The topological polar surface area (TPSA) is 220 Å². The Balaban J connectivity index is 1.47. The van der Waals surface area contributed by atoms with Crippen molar-refractivity contribution in [1.29, 1.82) is 0 Å². The maximum absolute atomic E-state index is 14.4. The van der Waals surface area contributed by atoms with Crippen molar-refractivity contribution in [2.75, 3.05) is 26.7 Å². The Kier molecular flexibility index (Phi) is 13.8. The van der Waals surface area contributed by atoms with Gasteiger partial charge in [0.15, 0.2) is 0 Å². The van der Waals surface area contributed by atoms with E-state index in [9.17, 15) is 39.0 Å². The molecule has 0 aromatic heterocycles. The molecule has 0 unspecified atom stereocenters. The first kappa shape index (κ1) is 40.9. The highest BCUT2D eigenvalue weighted by Gasteiger charge is 2.34. The Morgan fingerprint density at radius 3 is 2.23 bits per heavy atom. The largest absolute Gasteiger partial charge is 0.507 e. The van der Waals surface area contributed by atoms with E-state index >= 15 is 0 Å². The van der Waals surface area contributed by atoms with Crippen LogP contribution < -0.4 is 27.0 Å². The van der Waals surface area contributed by atoms with Crippen molar-refractivity contribution in [3.63, 3.8) is 0 Å². The number of phenolic OH excluding ortho intramolecular Hbond substituents is 2. The van der Waals surface area contributed by atoms with Gasteiger partial charge >= 0.3 is 0 Å². The van der Waals surface area contributed by atoms with Crippen LogP contribution in [0, 0.1) is 0 Å². The maximum atomic E-state index is 14.4. The number of phenols is 2. The zero-order chi connectivity index (χ0) is 40.4. The summed E-state index contributed by atoms with van der Waals surface area (Å²) in [5.74, 6) is -3.79. The molecule has 292 valence electrons. The molecule has 1 aliphatic heterocycles. The van der Waals surface area contributed by atoms with E-state index in [1.54, 1.807) is 42.5 Å². The average molecular weight is 783 g/mol. The number of unbranched alkanes of at least 4 members (excludes halogenated alkanes) is 1. The van der Waals surface area contributed by atoms with Gasteiger partial charge in [0.05, 0.1) is 13.1 Å². The smallest absolute Gasteiger partial charge is 0.251 e. The first-order chi connectivity index (χ1) is 26.9. The van der Waals surface area contributed by atoms with Crippen molar-refractivity contribution in [3.8, 4) is 33.8 Å². The van der Waals surface area contributed by atoms with Gasteiger partial charge in [0.1, 0.15) is 35.9 Å². The van der Waals surface area contributed by atoms with E-state index in [0.29, 0.717) is 41.8 Å². The van der Waals surface area contributed by atoms with Crippen molar-refractivity contribution in [2.45, 2.75) is 43.8 Å². The van der Waals surface area contributed by atoms with Gasteiger partial charge in [-0.15, -0.1) is 0 Å². The molecule has 0 fully saturated rings. The lowest BCUT2D eigenvalue weighted by atomic mass is 9.93. The highest BCUT2D eigenvalue weighted by Crippen LogP contribution is 2.39. The van der Waals surface area contributed by atoms with Crippen LogP contribution in [-0.4, -0.2) is 89.7 Å². The highest BCUT2D eigenvalue weighted by atomic mass is 35.5. The summed E-state index contributed by atoms with van der Waals surface area (Å²) in [6.45, 7) is -0.521. The van der Waals surface area contributed by atoms with Crippen LogP contribution in [0.2, 0.25) is 5.02 Å². The van der Waals surface area contributed by atoms with E-state index in [-0.39, 0.29) is 47.6 Å². The molecule has 0 aliphatic carbocycles. The SMILES string of the molecule is CN(C(=O)[C@H](CCCCN)NC(=O)c1ccc(-c2ccc(Cl)cc2)cc1)[C@@H]1C(=O)NCC(=O)N[C@H](C(=O)NCC=O)Cc2ccc(O)c(c2)-c2cc1ccc2O. The molecular formula is C41H43ClN6O8. The fraction of sp³-hybridized carbons (Fsp3) is 0.268. The number of aldehydes is 1. The number of aromatic hydroxyl groups is 2. The second-order valence-corrected chi connectivity index (χ2v) is 13.8. The lowest BCUT2D eigenvalue weighted by Crippen LogP contribution is -2.53. The summed E-state index contributed by atoms with van der Waals surface area (Å²) in [7, 11) is 1.39. The van der Waals surface area contributed by atoms with Gasteiger partial charge in [-0.3, -0.25) is 24.0 Å². The summed E-state index contributed by atoms with van der Waals surface area (Å²) < 4.78 is 0. The summed E-state index contributed by atoms with van der Waals surface area (Å²) in [6, 6.07) is 19.1. The molecule has 1 heterocycles. The number of rotatable bonds is 12. The lowest BCUT2D eigenvalue weighted by Gasteiger charge is -2.32. The Morgan fingerprint density at radius 1 is 0.929 bits per heavy atom. The zero-order valence-corrected chi connectivity index (χ0v) is 31.3. The van der Waals surface area contributed by atoms with Crippen LogP contribution in [-0.2, 0) is 30.4 Å². The summed E-state index contributed by atoms with van der Waals surface area (Å²) in [5, 5.41) is 32.8. The maximum Gasteiger partial charge on any atom is 0.251 e. The molecular weight excluding hydrogens is 740 g/mol. The molecule has 3 atom stereocenters. The highest BCUT2D eigenvalue weighted by molar-refractivity contribution is 6.30. The molecule has 4 bridgehead atoms. The van der Waals surface area contributed by atoms with Crippen molar-refractivity contribution < 1.29 is 39.0 Å². The first-order valence-corrected chi connectivity index (χ1v) is 18.3. The Bertz CT molecular complexity index is 2090. The Hall–Kier alpha value is -6.25. The number of hydrogen-bond donors (Lipinski definition) is 7. The number of hydrogen-bond acceptors (Lipinski definition) is 9. The third-order valence-electron chi connectivity index (χ3n) is 9.42. The minimum Gasteiger partial charge on any atom is -0.507 e. The van der Waals surface area contributed by atoms with Gasteiger partial charge in [-0.05, 0) is 96.6 Å². The normalized spacial score (nSPS) is 16.0. The monoisotopic (exact) mass is 782 g/mol. The fourth-order valence-electron chi connectivity index (χ4n) is 6.46. The van der Waals surface area contributed by atoms with E-state index in [0.717, 1.165) is 16.0 Å². The number of fused-ring (bicyclic) bond motifs is 5. The number of benzene rings is 4. The quantitative estimate of drug-likeness (QED) is 0.0829. The van der Waals surface area contributed by atoms with Crippen molar-refractivity contribution in [2.24, 2.45) is 5.73 Å². The van der Waals surface area contributed by atoms with Gasteiger partial charge in [0.2, 0.25) is 23.6 Å². The van der Waals surface area contributed by atoms with Crippen LogP contribution >= 0.6 is 11.6 Å². The minimum atomic E-state index is -1.40. The predicted octanol–water partition coefficient (Wildman–Crippen LogP) is 2.98. The number of amides is 5. The van der Waals surface area contributed by atoms with Gasteiger partial charge in [-0.25, -0.2) is 0 Å². The molecule has 0 saturated carbocycles. The number of carbonyl (C=O) groups is 6. The van der Waals surface area contributed by atoms with Crippen LogP contribution in [0.3, 0.4) is 0 Å². The number of nitrogens with two attached hydrogens (primary N) is 1. The van der Waals surface area contributed by atoms with Crippen LogP contribution in [0.1, 0.15) is 46.8 Å². The first-order valence-electron chi connectivity index (χ1n) is 18.0. The average Bonchev–Trinajstić information content (AvgIpc) is 3.19. The van der Waals surface area contributed by atoms with Gasteiger partial charge in [-0.1, -0.05) is 48.0 Å². The van der Waals surface area contributed by atoms with Crippen LogP contribution in [0.15, 0.2) is 84.9 Å². The second-order valence-electron chi connectivity index (χ2n) is 13.3. The molecule has 0 saturated heterocycles. The van der Waals surface area contributed by atoms with Crippen molar-refractivity contribution >= 4 is 47.4 Å². The number of nitrogens with one attached hydrogen (secondary N) is 4. The second kappa shape index (κ2) is 18.9. The van der Waals surface area contributed by atoms with Gasteiger partial charge in [-0.2, -0.15) is 0 Å². The third-order valence-corrected chi connectivity index (χ3v) is 9.67. The van der Waals surface area contributed by atoms with Crippen molar-refractivity contribution in [3.05, 3.63) is 107 Å². The van der Waals surface area contributed by atoms with E-state index in [2.05, 4.69) is 21.3 Å². The minimum absolute atomic E-state index is 0.0538. The predicted molar refractivity (Wildman–Crippen MR) is 209 cm³/mol. The molecule has 1 aliphatic rings. The molecule has 5 amide bonds. The molecule has 14 nitrogen and oxygen atoms in total. The molecule has 0 radical (unpaired) electrons. The molecule has 4 aromatic carbocycles. The van der Waals surface area contributed by atoms with Gasteiger partial charge in [0, 0.05) is 35.2 Å². The standard InChI is InChI=1S/C41H43ClN6O8/c1-48(41(56)32(4-2-3-17-43)47-38(53)27-8-6-25(7-9-27)26-10-13-29(42)14-11-26)37-28-12-16-35(51)31(22-28)30-20-24(5-15-34(30)50)21-33(39(54)44-18-19-49)46-36(52)23-45-40(37)55/h5-16,19-20,22,32-33,37,50-51H,2-4,17-18,21,23,43H2,1H3,(H,44,54)(H,45,55)(H,46,52)(H,47,53)/t32-,33-,37-/m0/s1. The zero-order valence-electron chi connectivity index (χ0n) is 30.6. The summed E-state index contributed by atoms with van der Waals surface area (Å²) in [4.78, 5) is 80.1. The number of nitrogens with zero attached hydrogens (tertiary/aromatic N) is 1. The Labute approximate surface area is 328 Å². The van der Waals surface area contributed by atoms with E-state index in [1.807, 2.05) is 12.1 Å². The van der Waals surface area contributed by atoms with Gasteiger partial charge < -0.3 is 46.9 Å². The van der Waals surface area contributed by atoms with Crippen LogP contribution in [0.25, 0.3) is 22.3 Å². The Morgan fingerprint density at radius 2 is 1.57 bits per heavy atom. The van der Waals surface area contributed by atoms with E-state index in [4.69, 9.17) is 17.3 Å². The van der Waals surface area contributed by atoms with Crippen molar-refractivity contribution in [1.82, 2.24) is 26.2 Å². The lowest BCUT2D eigenvalue weighted by molar-refractivity contribution is -0.141. The molecule has 56 heavy (non-hydrogen) atoms. The van der Waals surface area contributed by atoms with E-state index in [1.165, 1.54) is 37.4 Å². The molecule has 8 N–H and O–H groups in total. The molecule has 15 heteroatoms. The van der Waals surface area contributed by atoms with Crippen LogP contribution in [0.5, 0.6) is 11.5 Å².